The molecular formula is C13H20N2O2. The average Bonchev–Trinajstić information content (AvgIpc) is 2.35. The summed E-state index contributed by atoms with van der Waals surface area (Å²) in [5, 5.41) is 0. The van der Waals surface area contributed by atoms with Crippen LogP contribution in [0.3, 0.4) is 0 Å². The lowest BCUT2D eigenvalue weighted by molar-refractivity contribution is -0.128. The van der Waals surface area contributed by atoms with Crippen molar-refractivity contribution in [2.24, 2.45) is 5.84 Å². The Balaban J connectivity index is 2.79. The highest BCUT2D eigenvalue weighted by atomic mass is 16.5. The van der Waals surface area contributed by atoms with Gasteiger partial charge >= 0.3 is 0 Å². The molecule has 1 amide bonds. The smallest absolute Gasteiger partial charge is 0.274 e. The van der Waals surface area contributed by atoms with Gasteiger partial charge in [-0.3, -0.25) is 10.2 Å². The van der Waals surface area contributed by atoms with Crippen LogP contribution in [0, 0.1) is 0 Å². The molecule has 0 saturated carbocycles. The summed E-state index contributed by atoms with van der Waals surface area (Å²) < 4.78 is 5.62. The monoisotopic (exact) mass is 236 g/mol. The number of amides is 1. The van der Waals surface area contributed by atoms with Gasteiger partial charge in [-0.05, 0) is 30.0 Å². The number of nitrogens with one attached hydrogen (secondary N) is 1. The van der Waals surface area contributed by atoms with Crippen LogP contribution >= 0.6 is 0 Å². The van der Waals surface area contributed by atoms with E-state index >= 15 is 0 Å². The van der Waals surface area contributed by atoms with Gasteiger partial charge in [0, 0.05) is 0 Å². The van der Waals surface area contributed by atoms with Gasteiger partial charge in [0.2, 0.25) is 0 Å². The van der Waals surface area contributed by atoms with Crippen LogP contribution in [0.4, 0.5) is 0 Å². The Hall–Kier alpha value is -1.55. The molecule has 3 N–H and O–H groups in total. The highest BCUT2D eigenvalue weighted by molar-refractivity contribution is 5.80. The van der Waals surface area contributed by atoms with Crippen molar-refractivity contribution in [1.82, 2.24) is 5.43 Å². The topological polar surface area (TPSA) is 64.3 Å². The van der Waals surface area contributed by atoms with Crippen molar-refractivity contribution in [1.29, 1.82) is 0 Å². The van der Waals surface area contributed by atoms with Gasteiger partial charge in [0.15, 0.2) is 6.10 Å². The Morgan fingerprint density at radius 3 is 2.71 bits per heavy atom. The van der Waals surface area contributed by atoms with Crippen LogP contribution in [0.15, 0.2) is 24.3 Å². The van der Waals surface area contributed by atoms with E-state index in [0.29, 0.717) is 18.1 Å². The molecule has 1 atom stereocenters. The number of ether oxygens (including phenoxy) is 1. The van der Waals surface area contributed by atoms with Gasteiger partial charge in [0.25, 0.3) is 5.91 Å². The van der Waals surface area contributed by atoms with Crippen molar-refractivity contribution in [2.75, 3.05) is 0 Å². The first-order chi connectivity index (χ1) is 8.08. The molecule has 0 aliphatic heterocycles. The van der Waals surface area contributed by atoms with Crippen molar-refractivity contribution in [3.05, 3.63) is 29.8 Å². The number of hydrogen-bond acceptors (Lipinski definition) is 3. The number of carbonyl (C=O) groups excluding carboxylic acids is 1. The molecule has 1 aromatic rings. The SMILES string of the molecule is CCC(Oc1cccc(C(C)C)c1)C(=O)NN. The van der Waals surface area contributed by atoms with Crippen LogP contribution in [0.5, 0.6) is 5.75 Å². The summed E-state index contributed by atoms with van der Waals surface area (Å²) in [6.45, 7) is 6.11. The van der Waals surface area contributed by atoms with E-state index in [-0.39, 0.29) is 5.91 Å². The Kier molecular flexibility index (Phi) is 4.97. The normalized spacial score (nSPS) is 12.3. The molecule has 0 fully saturated rings. The lowest BCUT2D eigenvalue weighted by Gasteiger charge is -2.16. The molecular weight excluding hydrogens is 216 g/mol. The lowest BCUT2D eigenvalue weighted by atomic mass is 10.0. The van der Waals surface area contributed by atoms with E-state index in [9.17, 15) is 4.79 Å². The maximum Gasteiger partial charge on any atom is 0.274 e. The van der Waals surface area contributed by atoms with Crippen LogP contribution in [0.2, 0.25) is 0 Å². The second-order valence-corrected chi connectivity index (χ2v) is 4.25. The Morgan fingerprint density at radius 2 is 2.18 bits per heavy atom. The first-order valence-electron chi connectivity index (χ1n) is 5.85. The summed E-state index contributed by atoms with van der Waals surface area (Å²) in [7, 11) is 0. The van der Waals surface area contributed by atoms with Crippen molar-refractivity contribution >= 4 is 5.91 Å². The summed E-state index contributed by atoms with van der Waals surface area (Å²) in [5.74, 6) is 5.93. The van der Waals surface area contributed by atoms with Crippen LogP contribution in [0.25, 0.3) is 0 Å². The third-order valence-electron chi connectivity index (χ3n) is 2.61. The van der Waals surface area contributed by atoms with E-state index in [2.05, 4.69) is 19.3 Å². The molecule has 1 unspecified atom stereocenters. The van der Waals surface area contributed by atoms with Crippen LogP contribution in [0.1, 0.15) is 38.7 Å². The zero-order chi connectivity index (χ0) is 12.8. The lowest BCUT2D eigenvalue weighted by Crippen LogP contribution is -2.41. The van der Waals surface area contributed by atoms with Crippen LogP contribution in [-0.4, -0.2) is 12.0 Å². The quantitative estimate of drug-likeness (QED) is 0.466. The first kappa shape index (κ1) is 13.5. The summed E-state index contributed by atoms with van der Waals surface area (Å²) in [6, 6.07) is 7.77. The van der Waals surface area contributed by atoms with E-state index in [1.807, 2.05) is 31.2 Å². The minimum absolute atomic E-state index is 0.303. The van der Waals surface area contributed by atoms with Gasteiger partial charge in [-0.25, -0.2) is 5.84 Å². The maximum atomic E-state index is 11.4. The first-order valence-corrected chi connectivity index (χ1v) is 5.85. The third-order valence-corrected chi connectivity index (χ3v) is 2.61. The molecule has 0 aliphatic carbocycles. The van der Waals surface area contributed by atoms with Crippen LogP contribution < -0.4 is 16.0 Å². The van der Waals surface area contributed by atoms with E-state index in [4.69, 9.17) is 10.6 Å². The van der Waals surface area contributed by atoms with Gasteiger partial charge in [-0.1, -0.05) is 32.9 Å². The number of nitrogens with two attached hydrogens (primary N) is 1. The summed E-state index contributed by atoms with van der Waals surface area (Å²) in [5.41, 5.74) is 3.30. The summed E-state index contributed by atoms with van der Waals surface area (Å²) in [4.78, 5) is 11.4. The van der Waals surface area contributed by atoms with E-state index in [0.717, 1.165) is 0 Å². The largest absolute Gasteiger partial charge is 0.481 e. The Morgan fingerprint density at radius 1 is 1.47 bits per heavy atom. The molecule has 4 heteroatoms. The molecule has 0 aliphatic rings. The second-order valence-electron chi connectivity index (χ2n) is 4.25. The fourth-order valence-corrected chi connectivity index (χ4v) is 1.53. The maximum absolute atomic E-state index is 11.4. The van der Waals surface area contributed by atoms with Crippen LogP contribution in [-0.2, 0) is 4.79 Å². The molecule has 0 saturated heterocycles. The number of hydrogen-bond donors (Lipinski definition) is 2. The zero-order valence-corrected chi connectivity index (χ0v) is 10.6. The number of benzene rings is 1. The van der Waals surface area contributed by atoms with Gasteiger partial charge < -0.3 is 4.74 Å². The van der Waals surface area contributed by atoms with E-state index < -0.39 is 6.10 Å². The zero-order valence-electron chi connectivity index (χ0n) is 10.6. The predicted octanol–water partition coefficient (Wildman–Crippen LogP) is 1.96. The molecule has 4 nitrogen and oxygen atoms in total. The highest BCUT2D eigenvalue weighted by Gasteiger charge is 2.17. The number of carbonyl (C=O) groups is 1. The number of hydrazine groups is 1. The van der Waals surface area contributed by atoms with Crippen molar-refractivity contribution < 1.29 is 9.53 Å². The Labute approximate surface area is 102 Å². The van der Waals surface area contributed by atoms with Gasteiger partial charge in [0.1, 0.15) is 5.75 Å². The minimum Gasteiger partial charge on any atom is -0.481 e. The van der Waals surface area contributed by atoms with Gasteiger partial charge in [0.05, 0.1) is 0 Å². The second kappa shape index (κ2) is 6.25. The molecule has 94 valence electrons. The molecule has 0 heterocycles. The fraction of sp³-hybridized carbons (Fsp3) is 0.462. The summed E-state index contributed by atoms with van der Waals surface area (Å²) >= 11 is 0. The third kappa shape index (κ3) is 3.75. The van der Waals surface area contributed by atoms with Crippen molar-refractivity contribution in [3.63, 3.8) is 0 Å². The highest BCUT2D eigenvalue weighted by Crippen LogP contribution is 2.21. The van der Waals surface area contributed by atoms with Crippen molar-refractivity contribution in [3.8, 4) is 5.75 Å². The van der Waals surface area contributed by atoms with E-state index in [1.54, 1.807) is 0 Å². The van der Waals surface area contributed by atoms with Gasteiger partial charge in [-0.15, -0.1) is 0 Å². The fourth-order valence-electron chi connectivity index (χ4n) is 1.53. The minimum atomic E-state index is -0.539. The molecule has 0 bridgehead atoms. The molecule has 0 spiro atoms. The molecule has 1 aromatic carbocycles. The molecule has 1 rings (SSSR count). The Bertz CT molecular complexity index is 377. The molecule has 17 heavy (non-hydrogen) atoms. The van der Waals surface area contributed by atoms with Crippen molar-refractivity contribution in [2.45, 2.75) is 39.2 Å². The average molecular weight is 236 g/mol. The summed E-state index contributed by atoms with van der Waals surface area (Å²) in [6.07, 6.45) is 0.0389. The number of rotatable bonds is 5. The molecule has 0 aromatic heterocycles. The van der Waals surface area contributed by atoms with Gasteiger partial charge in [-0.2, -0.15) is 0 Å². The predicted molar refractivity (Wildman–Crippen MR) is 67.6 cm³/mol. The standard InChI is InChI=1S/C13H20N2O2/c1-4-12(13(16)15-14)17-11-7-5-6-10(8-11)9(2)3/h5-9,12H,4,14H2,1-3H3,(H,15,16). The molecule has 0 radical (unpaired) electrons. The van der Waals surface area contributed by atoms with E-state index in [1.165, 1.54) is 5.56 Å².